The fraction of sp³-hybridized carbons (Fsp3) is 0.765. The maximum Gasteiger partial charge on any atom is 0.266 e. The molecule has 1 aromatic heterocycles. The van der Waals surface area contributed by atoms with Crippen molar-refractivity contribution in [1.82, 2.24) is 20.0 Å². The van der Waals surface area contributed by atoms with E-state index in [1.165, 1.54) is 19.3 Å². The van der Waals surface area contributed by atoms with E-state index in [4.69, 9.17) is 4.74 Å². The topological polar surface area (TPSA) is 59.4 Å². The highest BCUT2D eigenvalue weighted by Crippen LogP contribution is 2.17. The molecule has 6 nitrogen and oxygen atoms in total. The van der Waals surface area contributed by atoms with Gasteiger partial charge in [-0.25, -0.2) is 4.68 Å². The molecule has 0 amide bonds. The maximum absolute atomic E-state index is 11.8. The molecule has 0 saturated carbocycles. The zero-order valence-corrected chi connectivity index (χ0v) is 13.8. The van der Waals surface area contributed by atoms with Crippen LogP contribution in [-0.2, 0) is 11.3 Å². The van der Waals surface area contributed by atoms with Gasteiger partial charge in [0.2, 0.25) is 0 Å². The second-order valence-electron chi connectivity index (χ2n) is 6.57. The fourth-order valence-corrected chi connectivity index (χ4v) is 3.57. The zero-order valence-electron chi connectivity index (χ0n) is 13.8. The van der Waals surface area contributed by atoms with Crippen LogP contribution < -0.4 is 10.9 Å². The first-order chi connectivity index (χ1) is 11.3. The quantitative estimate of drug-likeness (QED) is 0.843. The lowest BCUT2D eigenvalue weighted by Crippen LogP contribution is -2.49. The Morgan fingerprint density at radius 2 is 2.09 bits per heavy atom. The molecule has 0 spiro atoms. The number of ether oxygens (including phenoxy) is 1. The van der Waals surface area contributed by atoms with Crippen LogP contribution in [0.15, 0.2) is 23.1 Å². The summed E-state index contributed by atoms with van der Waals surface area (Å²) in [5.74, 6) is 0. The van der Waals surface area contributed by atoms with Crippen LogP contribution in [0, 0.1) is 0 Å². The van der Waals surface area contributed by atoms with Crippen molar-refractivity contribution < 1.29 is 4.74 Å². The summed E-state index contributed by atoms with van der Waals surface area (Å²) in [6.07, 6.45) is 7.73. The Labute approximate surface area is 137 Å². The first-order valence-corrected chi connectivity index (χ1v) is 8.90. The molecule has 3 rings (SSSR count). The second-order valence-corrected chi connectivity index (χ2v) is 6.57. The van der Waals surface area contributed by atoms with Crippen molar-refractivity contribution in [2.75, 3.05) is 32.8 Å². The molecule has 1 N–H and O–H groups in total. The van der Waals surface area contributed by atoms with E-state index in [9.17, 15) is 4.79 Å². The summed E-state index contributed by atoms with van der Waals surface area (Å²) in [5, 5.41) is 7.88. The number of likely N-dealkylation sites (tertiary alicyclic amines) is 1. The van der Waals surface area contributed by atoms with Gasteiger partial charge in [0, 0.05) is 50.7 Å². The molecule has 2 aliphatic rings. The first kappa shape index (κ1) is 16.6. The van der Waals surface area contributed by atoms with Gasteiger partial charge in [0.05, 0.1) is 6.54 Å². The Hall–Kier alpha value is -1.24. The van der Waals surface area contributed by atoms with Crippen molar-refractivity contribution in [2.24, 2.45) is 0 Å². The SMILES string of the molecule is O=c1cccnn1CCN1CCCCC1CNC1CCOCC1. The fourth-order valence-electron chi connectivity index (χ4n) is 3.57. The normalized spacial score (nSPS) is 23.9. The van der Waals surface area contributed by atoms with Crippen LogP contribution in [0.25, 0.3) is 0 Å². The number of rotatable bonds is 6. The molecule has 0 aromatic carbocycles. The maximum atomic E-state index is 11.8. The monoisotopic (exact) mass is 320 g/mol. The summed E-state index contributed by atoms with van der Waals surface area (Å²) in [5.41, 5.74) is -0.0126. The van der Waals surface area contributed by atoms with Gasteiger partial charge in [0.1, 0.15) is 0 Å². The van der Waals surface area contributed by atoms with E-state index in [0.717, 1.165) is 45.7 Å². The Morgan fingerprint density at radius 1 is 1.22 bits per heavy atom. The Balaban J connectivity index is 1.49. The van der Waals surface area contributed by atoms with Gasteiger partial charge in [0.25, 0.3) is 5.56 Å². The van der Waals surface area contributed by atoms with Gasteiger partial charge in [-0.05, 0) is 38.3 Å². The Kier molecular flexibility index (Phi) is 6.19. The molecule has 2 fully saturated rings. The van der Waals surface area contributed by atoms with Gasteiger partial charge in [-0.2, -0.15) is 5.10 Å². The number of hydrogen-bond donors (Lipinski definition) is 1. The van der Waals surface area contributed by atoms with Gasteiger partial charge in [-0.3, -0.25) is 9.69 Å². The van der Waals surface area contributed by atoms with Crippen LogP contribution in [0.3, 0.4) is 0 Å². The largest absolute Gasteiger partial charge is 0.381 e. The molecule has 1 aromatic rings. The molecule has 2 aliphatic heterocycles. The molecule has 6 heteroatoms. The average Bonchev–Trinajstić information content (AvgIpc) is 2.61. The van der Waals surface area contributed by atoms with Gasteiger partial charge in [-0.15, -0.1) is 0 Å². The summed E-state index contributed by atoms with van der Waals surface area (Å²) in [7, 11) is 0. The third kappa shape index (κ3) is 4.86. The lowest BCUT2D eigenvalue weighted by molar-refractivity contribution is 0.0719. The van der Waals surface area contributed by atoms with E-state index in [2.05, 4.69) is 15.3 Å². The summed E-state index contributed by atoms with van der Waals surface area (Å²) in [6, 6.07) is 4.45. The van der Waals surface area contributed by atoms with E-state index in [1.807, 2.05) is 0 Å². The summed E-state index contributed by atoms with van der Waals surface area (Å²) in [4.78, 5) is 14.3. The number of aromatic nitrogens is 2. The molecule has 0 bridgehead atoms. The van der Waals surface area contributed by atoms with Gasteiger partial charge >= 0.3 is 0 Å². The Morgan fingerprint density at radius 3 is 2.91 bits per heavy atom. The van der Waals surface area contributed by atoms with Crippen molar-refractivity contribution in [2.45, 2.75) is 50.7 Å². The van der Waals surface area contributed by atoms with Crippen LogP contribution in [-0.4, -0.2) is 59.6 Å². The molecule has 1 atom stereocenters. The number of nitrogens with zero attached hydrogens (tertiary/aromatic N) is 3. The highest BCUT2D eigenvalue weighted by atomic mass is 16.5. The van der Waals surface area contributed by atoms with Crippen LogP contribution in [0.2, 0.25) is 0 Å². The molecular weight excluding hydrogens is 292 g/mol. The summed E-state index contributed by atoms with van der Waals surface area (Å²) < 4.78 is 6.99. The minimum Gasteiger partial charge on any atom is -0.381 e. The molecule has 2 saturated heterocycles. The van der Waals surface area contributed by atoms with E-state index in [-0.39, 0.29) is 5.56 Å². The molecule has 1 unspecified atom stereocenters. The molecule has 3 heterocycles. The van der Waals surface area contributed by atoms with Crippen molar-refractivity contribution >= 4 is 0 Å². The molecule has 128 valence electrons. The third-order valence-corrected chi connectivity index (χ3v) is 5.00. The minimum absolute atomic E-state index is 0.0126. The van der Waals surface area contributed by atoms with Crippen LogP contribution in [0.5, 0.6) is 0 Å². The smallest absolute Gasteiger partial charge is 0.266 e. The van der Waals surface area contributed by atoms with Crippen molar-refractivity contribution in [3.05, 3.63) is 28.7 Å². The second kappa shape index (κ2) is 8.57. The van der Waals surface area contributed by atoms with E-state index in [0.29, 0.717) is 18.6 Å². The highest BCUT2D eigenvalue weighted by molar-refractivity contribution is 4.86. The minimum atomic E-state index is -0.0126. The predicted octanol–water partition coefficient (Wildman–Crippen LogP) is 0.866. The summed E-state index contributed by atoms with van der Waals surface area (Å²) >= 11 is 0. The number of hydrogen-bond acceptors (Lipinski definition) is 5. The van der Waals surface area contributed by atoms with E-state index in [1.54, 1.807) is 23.0 Å². The van der Waals surface area contributed by atoms with Crippen molar-refractivity contribution in [1.29, 1.82) is 0 Å². The summed E-state index contributed by atoms with van der Waals surface area (Å²) in [6.45, 7) is 5.51. The predicted molar refractivity (Wildman–Crippen MR) is 89.6 cm³/mol. The van der Waals surface area contributed by atoms with E-state index < -0.39 is 0 Å². The molecule has 0 aliphatic carbocycles. The van der Waals surface area contributed by atoms with Crippen LogP contribution in [0.1, 0.15) is 32.1 Å². The van der Waals surface area contributed by atoms with Crippen LogP contribution in [0.4, 0.5) is 0 Å². The van der Waals surface area contributed by atoms with Gasteiger partial charge in [0.15, 0.2) is 0 Å². The standard InChI is InChI=1S/C17H28N4O2/c22-17-5-3-8-19-21(17)11-10-20-9-2-1-4-16(20)14-18-15-6-12-23-13-7-15/h3,5,8,15-16,18H,1-2,4,6-7,9-14H2. The Bertz CT molecular complexity index is 527. The number of nitrogens with one attached hydrogen (secondary N) is 1. The highest BCUT2D eigenvalue weighted by Gasteiger charge is 2.23. The lowest BCUT2D eigenvalue weighted by Gasteiger charge is -2.37. The molecule has 0 radical (unpaired) electrons. The van der Waals surface area contributed by atoms with Gasteiger partial charge < -0.3 is 10.1 Å². The van der Waals surface area contributed by atoms with E-state index >= 15 is 0 Å². The first-order valence-electron chi connectivity index (χ1n) is 8.90. The molecule has 23 heavy (non-hydrogen) atoms. The van der Waals surface area contributed by atoms with Crippen LogP contribution >= 0.6 is 0 Å². The number of piperidine rings is 1. The molecular formula is C17H28N4O2. The average molecular weight is 320 g/mol. The van der Waals surface area contributed by atoms with Crippen molar-refractivity contribution in [3.63, 3.8) is 0 Å². The zero-order chi connectivity index (χ0) is 15.9. The van der Waals surface area contributed by atoms with Gasteiger partial charge in [-0.1, -0.05) is 6.42 Å². The van der Waals surface area contributed by atoms with Crippen molar-refractivity contribution in [3.8, 4) is 0 Å². The lowest BCUT2D eigenvalue weighted by atomic mass is 10.0. The third-order valence-electron chi connectivity index (χ3n) is 5.00.